The molecule has 1 unspecified atom stereocenters. The molecule has 0 bridgehead atoms. The Morgan fingerprint density at radius 1 is 0.682 bits per heavy atom. The number of esters is 2. The maximum absolute atomic E-state index is 12.7. The molecule has 0 saturated heterocycles. The van der Waals surface area contributed by atoms with Gasteiger partial charge in [0.2, 0.25) is 0 Å². The van der Waals surface area contributed by atoms with Crippen LogP contribution in [0.2, 0.25) is 0 Å². The van der Waals surface area contributed by atoms with Crippen molar-refractivity contribution in [3.05, 3.63) is 85.1 Å². The molecule has 1 fully saturated rings. The third kappa shape index (κ3) is 34.2. The van der Waals surface area contributed by atoms with Crippen LogP contribution in [-0.2, 0) is 46.6 Å². The van der Waals surface area contributed by atoms with E-state index in [0.29, 0.717) is 38.5 Å². The van der Waals surface area contributed by atoms with E-state index in [1.807, 2.05) is 24.3 Å². The molecule has 66 heavy (non-hydrogen) atoms. The van der Waals surface area contributed by atoms with E-state index in [9.17, 15) is 43.7 Å². The van der Waals surface area contributed by atoms with E-state index in [0.717, 1.165) is 64.2 Å². The van der Waals surface area contributed by atoms with E-state index in [4.69, 9.17) is 23.8 Å². The zero-order valence-electron chi connectivity index (χ0n) is 39.0. The highest BCUT2D eigenvalue weighted by atomic mass is 31.2. The summed E-state index contributed by atoms with van der Waals surface area (Å²) in [6.45, 7) is 1.18. The number of phosphoric acid groups is 2. The predicted molar refractivity (Wildman–Crippen MR) is 254 cm³/mol. The lowest BCUT2D eigenvalue weighted by Crippen LogP contribution is -2.29. The smallest absolute Gasteiger partial charge is 0.462 e. The van der Waals surface area contributed by atoms with Gasteiger partial charge >= 0.3 is 27.6 Å². The summed E-state index contributed by atoms with van der Waals surface area (Å²) in [5.41, 5.74) is 0. The number of aliphatic hydroxyl groups excluding tert-OH is 3. The second-order valence-electron chi connectivity index (χ2n) is 16.1. The first kappa shape index (κ1) is 60.9. The van der Waals surface area contributed by atoms with Crippen LogP contribution in [0.25, 0.3) is 0 Å². The minimum Gasteiger partial charge on any atom is -0.462 e. The summed E-state index contributed by atoms with van der Waals surface area (Å²) in [6.07, 6.45) is 36.4. The molecule has 1 aliphatic rings. The minimum atomic E-state index is -4.91. The molecule has 0 aromatic heterocycles. The van der Waals surface area contributed by atoms with Gasteiger partial charge in [0.25, 0.3) is 0 Å². The number of aliphatic hydroxyl groups is 3. The van der Waals surface area contributed by atoms with Gasteiger partial charge in [0.15, 0.2) is 6.10 Å². The first-order valence-corrected chi connectivity index (χ1v) is 26.4. The molecule has 0 amide bonds. The van der Waals surface area contributed by atoms with Crippen molar-refractivity contribution < 1.29 is 76.6 Å². The Balaban J connectivity index is 2.57. The molecule has 0 radical (unpaired) electrons. The number of rotatable bonds is 39. The quantitative estimate of drug-likeness (QED) is 0.0145. The van der Waals surface area contributed by atoms with Crippen molar-refractivity contribution in [3.8, 4) is 0 Å². The van der Waals surface area contributed by atoms with Crippen LogP contribution in [0.4, 0.5) is 0 Å². The summed E-state index contributed by atoms with van der Waals surface area (Å²) in [5.74, 6) is -2.00. The number of carbonyl (C=O) groups is 3. The summed E-state index contributed by atoms with van der Waals surface area (Å²) < 4.78 is 47.8. The third-order valence-electron chi connectivity index (χ3n) is 10.2. The van der Waals surface area contributed by atoms with Crippen LogP contribution in [0.1, 0.15) is 136 Å². The van der Waals surface area contributed by atoms with E-state index in [1.54, 1.807) is 12.2 Å². The van der Waals surface area contributed by atoms with Gasteiger partial charge in [-0.25, -0.2) is 9.13 Å². The SMILES string of the molecule is CC/C=C\C/C=C\C/C=C\C/C=C\C/C=C\C/C=C\CCC(=O)O[C@H](COC(=O)CCCCCC[C@H]1[C@@H](O)CC(=O)[C@@H]1/C=C/[C@@H](O)CCCCC)COP(=O)(O)OC[C@@H](O)COP(=O)(O)O. The lowest BCUT2D eigenvalue weighted by Gasteiger charge is -2.20. The Kier molecular flexibility index (Phi) is 34.9. The lowest BCUT2D eigenvalue weighted by molar-refractivity contribution is -0.161. The Hall–Kier alpha value is -3.11. The number of ether oxygens (including phenoxy) is 2. The molecule has 6 N–H and O–H groups in total. The van der Waals surface area contributed by atoms with Gasteiger partial charge in [-0.15, -0.1) is 0 Å². The van der Waals surface area contributed by atoms with Crippen molar-refractivity contribution in [2.45, 2.75) is 160 Å². The Bertz CT molecular complexity index is 1650. The number of phosphoric ester groups is 2. The van der Waals surface area contributed by atoms with E-state index in [1.165, 1.54) is 0 Å². The summed E-state index contributed by atoms with van der Waals surface area (Å²) in [5, 5.41) is 30.6. The molecule has 18 heteroatoms. The van der Waals surface area contributed by atoms with Crippen LogP contribution in [0.3, 0.4) is 0 Å². The number of unbranched alkanes of at least 4 members (excludes halogenated alkanes) is 5. The second-order valence-corrected chi connectivity index (χ2v) is 18.8. The number of hydrogen-bond donors (Lipinski definition) is 6. The topological polar surface area (TPSA) is 253 Å². The van der Waals surface area contributed by atoms with Gasteiger partial charge < -0.3 is 39.5 Å². The third-order valence-corrected chi connectivity index (χ3v) is 11.6. The fraction of sp³-hybridized carbons (Fsp3) is 0.646. The monoisotopic (exact) mass is 972 g/mol. The summed E-state index contributed by atoms with van der Waals surface area (Å²) in [4.78, 5) is 65.5. The van der Waals surface area contributed by atoms with Crippen LogP contribution in [0.5, 0.6) is 0 Å². The van der Waals surface area contributed by atoms with E-state index in [-0.39, 0.29) is 31.0 Å². The molecule has 1 saturated carbocycles. The average Bonchev–Trinajstić information content (AvgIpc) is 3.54. The molecule has 0 aromatic carbocycles. The van der Waals surface area contributed by atoms with Gasteiger partial charge in [-0.05, 0) is 70.1 Å². The summed E-state index contributed by atoms with van der Waals surface area (Å²) in [7, 11) is -9.80. The van der Waals surface area contributed by atoms with Gasteiger partial charge in [-0.2, -0.15) is 0 Å². The fourth-order valence-electron chi connectivity index (χ4n) is 6.63. The maximum Gasteiger partial charge on any atom is 0.472 e. The van der Waals surface area contributed by atoms with Crippen molar-refractivity contribution in [1.82, 2.24) is 0 Å². The normalized spacial score (nSPS) is 19.7. The predicted octanol–water partition coefficient (Wildman–Crippen LogP) is 8.93. The molecule has 1 rings (SSSR count). The second kappa shape index (κ2) is 37.8. The first-order chi connectivity index (χ1) is 31.6. The lowest BCUT2D eigenvalue weighted by atomic mass is 9.88. The van der Waals surface area contributed by atoms with Crippen molar-refractivity contribution in [3.63, 3.8) is 0 Å². The first-order valence-electron chi connectivity index (χ1n) is 23.4. The van der Waals surface area contributed by atoms with E-state index < -0.39 is 84.3 Å². The molecule has 0 aromatic rings. The number of Topliss-reactive ketones (excluding diaryl/α,β-unsaturated/α-hetero) is 1. The van der Waals surface area contributed by atoms with Gasteiger partial charge in [-0.1, -0.05) is 137 Å². The molecule has 16 nitrogen and oxygen atoms in total. The molecule has 0 heterocycles. The van der Waals surface area contributed by atoms with Crippen LogP contribution in [-0.4, -0.2) is 98.6 Å². The molecule has 0 aliphatic heterocycles. The van der Waals surface area contributed by atoms with Gasteiger partial charge in [-0.3, -0.25) is 28.0 Å². The molecule has 376 valence electrons. The molecular formula is C48H78O16P2. The van der Waals surface area contributed by atoms with E-state index in [2.05, 4.69) is 71.5 Å². The molecule has 1 aliphatic carbocycles. The highest BCUT2D eigenvalue weighted by Crippen LogP contribution is 2.44. The Morgan fingerprint density at radius 3 is 1.83 bits per heavy atom. The summed E-state index contributed by atoms with van der Waals surface area (Å²) >= 11 is 0. The van der Waals surface area contributed by atoms with Gasteiger partial charge in [0.1, 0.15) is 18.5 Å². The zero-order chi connectivity index (χ0) is 48.9. The Morgan fingerprint density at radius 2 is 1.24 bits per heavy atom. The number of hydrogen-bond acceptors (Lipinski definition) is 13. The highest BCUT2D eigenvalue weighted by Gasteiger charge is 2.39. The molecular weight excluding hydrogens is 894 g/mol. The zero-order valence-corrected chi connectivity index (χ0v) is 40.8. The van der Waals surface area contributed by atoms with Crippen LogP contribution in [0.15, 0.2) is 85.1 Å². The van der Waals surface area contributed by atoms with Crippen molar-refractivity contribution in [2.24, 2.45) is 11.8 Å². The number of allylic oxidation sites excluding steroid dienone is 13. The van der Waals surface area contributed by atoms with Crippen LogP contribution in [0, 0.1) is 11.8 Å². The minimum absolute atomic E-state index is 0.0339. The Labute approximate surface area is 392 Å². The molecule has 0 spiro atoms. The van der Waals surface area contributed by atoms with Crippen LogP contribution < -0.4 is 0 Å². The van der Waals surface area contributed by atoms with Gasteiger partial charge in [0.05, 0.1) is 32.0 Å². The largest absolute Gasteiger partial charge is 0.472 e. The fourth-order valence-corrected chi connectivity index (χ4v) is 7.79. The maximum atomic E-state index is 12.7. The highest BCUT2D eigenvalue weighted by molar-refractivity contribution is 7.47. The molecule has 7 atom stereocenters. The number of ketones is 1. The van der Waals surface area contributed by atoms with Crippen LogP contribution >= 0.6 is 15.6 Å². The number of carbonyl (C=O) groups excluding carboxylic acids is 3. The standard InChI is InChI=1S/C48H78O16P2/c1-3-5-7-8-9-10-11-12-13-14-15-16-17-18-19-20-21-22-28-32-48(54)64-42(39-63-66(58,59)62-37-41(50)36-61-65(55,56)57)38-60-47(53)31-27-24-23-26-30-43-44(46(52)35-45(43)51)34-33-40(49)29-25-6-4-2/h5,7,9-10,12-13,15-16,18-19,21-22,33-34,40-45,49-51H,3-4,6,8,11,14,17,20,23-32,35-39H2,1-2H3,(H,58,59)(H2,55,56,57)/b7-5-,10-9-,13-12-,16-15-,19-18-,22-21-,34-33+/t40-,41-,42+,43+,44+,45-/m0/s1. The van der Waals surface area contributed by atoms with Crippen molar-refractivity contribution in [1.29, 1.82) is 0 Å². The van der Waals surface area contributed by atoms with Gasteiger partial charge in [0, 0.05) is 25.2 Å². The van der Waals surface area contributed by atoms with E-state index >= 15 is 0 Å². The summed E-state index contributed by atoms with van der Waals surface area (Å²) in [6, 6.07) is 0. The van der Waals surface area contributed by atoms with Crippen molar-refractivity contribution >= 4 is 33.4 Å². The van der Waals surface area contributed by atoms with Crippen molar-refractivity contribution in [2.75, 3.05) is 26.4 Å². The average molecular weight is 973 g/mol.